The van der Waals surface area contributed by atoms with Crippen molar-refractivity contribution in [1.29, 1.82) is 0 Å². The largest absolute Gasteiger partial charge is 0.0654 e. The lowest BCUT2D eigenvalue weighted by Crippen LogP contribution is -1.69. The average Bonchev–Trinajstić information content (AvgIpc) is 2.95. The van der Waals surface area contributed by atoms with Crippen LogP contribution in [0.3, 0.4) is 0 Å². The molecule has 1 aromatic rings. The van der Waals surface area contributed by atoms with Crippen LogP contribution in [0.25, 0.3) is 5.57 Å². The van der Waals surface area contributed by atoms with Gasteiger partial charge in [-0.1, -0.05) is 49.2 Å². The fourth-order valence-corrected chi connectivity index (χ4v) is 1.74. The second kappa shape index (κ2) is 3.78. The zero-order valence-electron chi connectivity index (χ0n) is 8.22. The molecule has 0 nitrogen and oxygen atoms in total. The third-order valence-corrected chi connectivity index (χ3v) is 2.65. The van der Waals surface area contributed by atoms with E-state index in [2.05, 4.69) is 37.3 Å². The molecular weight excluding hydrogens is 156 g/mol. The summed E-state index contributed by atoms with van der Waals surface area (Å²) in [6.45, 7) is 2.26. The van der Waals surface area contributed by atoms with Crippen LogP contribution in [-0.2, 0) is 0 Å². The lowest BCUT2D eigenvalue weighted by Gasteiger charge is -1.90. The molecule has 68 valence electrons. The number of unbranched alkanes of at least 4 members (excludes halogenated alkanes) is 1. The highest BCUT2D eigenvalue weighted by Gasteiger charge is 2.21. The summed E-state index contributed by atoms with van der Waals surface area (Å²) < 4.78 is 0. The Morgan fingerprint density at radius 1 is 1.15 bits per heavy atom. The molecule has 0 aromatic heterocycles. The van der Waals surface area contributed by atoms with Crippen LogP contribution in [-0.4, -0.2) is 0 Å². The average molecular weight is 172 g/mol. The van der Waals surface area contributed by atoms with E-state index >= 15 is 0 Å². The van der Waals surface area contributed by atoms with Crippen LogP contribution < -0.4 is 0 Å². The number of rotatable bonds is 4. The zero-order chi connectivity index (χ0) is 9.10. The Labute approximate surface area is 80.3 Å². The summed E-state index contributed by atoms with van der Waals surface area (Å²) in [5, 5.41) is 0. The Balaban J connectivity index is 2.02. The van der Waals surface area contributed by atoms with Crippen molar-refractivity contribution < 1.29 is 0 Å². The molecule has 0 bridgehead atoms. The maximum Gasteiger partial charge on any atom is -0.00553 e. The molecule has 0 spiro atoms. The van der Waals surface area contributed by atoms with Gasteiger partial charge in [-0.2, -0.15) is 0 Å². The highest BCUT2D eigenvalue weighted by molar-refractivity contribution is 5.82. The van der Waals surface area contributed by atoms with Crippen molar-refractivity contribution in [2.75, 3.05) is 0 Å². The normalized spacial score (nSPS) is 14.8. The molecule has 0 aliphatic heterocycles. The Bertz CT molecular complexity index is 306. The summed E-state index contributed by atoms with van der Waals surface area (Å²) in [7, 11) is 0. The molecular formula is C13H16. The molecule has 0 amide bonds. The van der Waals surface area contributed by atoms with E-state index in [1.54, 1.807) is 11.1 Å². The van der Waals surface area contributed by atoms with Gasteiger partial charge in [0, 0.05) is 0 Å². The first-order chi connectivity index (χ1) is 6.42. The first-order valence-electron chi connectivity index (χ1n) is 5.18. The van der Waals surface area contributed by atoms with Crippen LogP contribution in [0.4, 0.5) is 0 Å². The molecule has 1 aliphatic rings. The molecule has 0 heterocycles. The van der Waals surface area contributed by atoms with Gasteiger partial charge in [0.25, 0.3) is 0 Å². The molecule has 0 saturated heterocycles. The van der Waals surface area contributed by atoms with E-state index in [9.17, 15) is 0 Å². The summed E-state index contributed by atoms with van der Waals surface area (Å²) in [6.07, 6.45) is 5.25. The maximum absolute atomic E-state index is 2.26. The van der Waals surface area contributed by atoms with Gasteiger partial charge in [-0.3, -0.25) is 0 Å². The fraction of sp³-hybridized carbons (Fsp3) is 0.385. The Morgan fingerprint density at radius 3 is 2.62 bits per heavy atom. The topological polar surface area (TPSA) is 0 Å². The summed E-state index contributed by atoms with van der Waals surface area (Å²) in [5.41, 5.74) is 4.73. The van der Waals surface area contributed by atoms with Crippen LogP contribution >= 0.6 is 0 Å². The van der Waals surface area contributed by atoms with E-state index in [1.807, 2.05) is 0 Å². The third kappa shape index (κ3) is 2.00. The third-order valence-electron chi connectivity index (χ3n) is 2.65. The van der Waals surface area contributed by atoms with Gasteiger partial charge in [-0.25, -0.2) is 0 Å². The van der Waals surface area contributed by atoms with E-state index in [0.29, 0.717) is 0 Å². The van der Waals surface area contributed by atoms with E-state index in [-0.39, 0.29) is 0 Å². The van der Waals surface area contributed by atoms with Gasteiger partial charge < -0.3 is 0 Å². The minimum atomic E-state index is 1.27. The van der Waals surface area contributed by atoms with Crippen molar-refractivity contribution in [2.24, 2.45) is 0 Å². The van der Waals surface area contributed by atoms with Gasteiger partial charge in [0.15, 0.2) is 0 Å². The Morgan fingerprint density at radius 2 is 1.92 bits per heavy atom. The minimum Gasteiger partial charge on any atom is -0.0654 e. The predicted molar refractivity (Wildman–Crippen MR) is 57.5 cm³/mol. The van der Waals surface area contributed by atoms with Crippen LogP contribution in [0.5, 0.6) is 0 Å². The molecule has 0 atom stereocenters. The summed E-state index contributed by atoms with van der Waals surface area (Å²) in [5.74, 6) is 0. The highest BCUT2D eigenvalue weighted by Crippen LogP contribution is 2.42. The van der Waals surface area contributed by atoms with Crippen molar-refractivity contribution in [2.45, 2.75) is 32.6 Å². The van der Waals surface area contributed by atoms with Crippen molar-refractivity contribution in [3.8, 4) is 0 Å². The van der Waals surface area contributed by atoms with Crippen LogP contribution in [0, 0.1) is 0 Å². The number of hydrogen-bond acceptors (Lipinski definition) is 0. The van der Waals surface area contributed by atoms with E-state index in [1.165, 1.54) is 31.2 Å². The molecule has 0 heteroatoms. The first kappa shape index (κ1) is 8.55. The standard InChI is InChI=1S/C13H16/c1-2-3-7-12-10-13(12)11-8-5-4-6-9-11/h4-6,8-9H,2-3,7,10H2,1H3. The summed E-state index contributed by atoms with van der Waals surface area (Å²) in [6, 6.07) is 10.8. The van der Waals surface area contributed by atoms with Crippen molar-refractivity contribution in [1.82, 2.24) is 0 Å². The summed E-state index contributed by atoms with van der Waals surface area (Å²) >= 11 is 0. The van der Waals surface area contributed by atoms with Crippen molar-refractivity contribution in [3.05, 3.63) is 41.5 Å². The predicted octanol–water partition coefficient (Wildman–Crippen LogP) is 4.03. The monoisotopic (exact) mass is 172 g/mol. The van der Waals surface area contributed by atoms with Crippen molar-refractivity contribution in [3.63, 3.8) is 0 Å². The highest BCUT2D eigenvalue weighted by atomic mass is 14.3. The van der Waals surface area contributed by atoms with Crippen LogP contribution in [0.1, 0.15) is 38.2 Å². The molecule has 13 heavy (non-hydrogen) atoms. The van der Waals surface area contributed by atoms with Gasteiger partial charge in [0.05, 0.1) is 0 Å². The first-order valence-corrected chi connectivity index (χ1v) is 5.18. The summed E-state index contributed by atoms with van der Waals surface area (Å²) in [4.78, 5) is 0. The molecule has 0 radical (unpaired) electrons. The second-order valence-corrected chi connectivity index (χ2v) is 3.73. The van der Waals surface area contributed by atoms with E-state index < -0.39 is 0 Å². The lowest BCUT2D eigenvalue weighted by molar-refractivity contribution is 0.799. The smallest absolute Gasteiger partial charge is 0.00553 e. The lowest BCUT2D eigenvalue weighted by atomic mass is 10.2. The number of benzene rings is 1. The van der Waals surface area contributed by atoms with Crippen LogP contribution in [0.15, 0.2) is 35.9 Å². The van der Waals surface area contributed by atoms with Gasteiger partial charge >= 0.3 is 0 Å². The number of allylic oxidation sites excluding steroid dienone is 2. The second-order valence-electron chi connectivity index (χ2n) is 3.73. The molecule has 0 fully saturated rings. The zero-order valence-corrected chi connectivity index (χ0v) is 8.22. The molecule has 0 N–H and O–H groups in total. The molecule has 1 aromatic carbocycles. The fourth-order valence-electron chi connectivity index (χ4n) is 1.74. The SMILES string of the molecule is CCCCC1=C(c2ccccc2)C1. The maximum atomic E-state index is 2.26. The molecule has 1 aliphatic carbocycles. The Hall–Kier alpha value is -1.04. The van der Waals surface area contributed by atoms with E-state index in [0.717, 1.165) is 0 Å². The Kier molecular flexibility index (Phi) is 2.49. The molecule has 0 unspecified atom stereocenters. The molecule has 2 rings (SSSR count). The van der Waals surface area contributed by atoms with Crippen LogP contribution in [0.2, 0.25) is 0 Å². The van der Waals surface area contributed by atoms with Crippen molar-refractivity contribution >= 4 is 5.57 Å². The van der Waals surface area contributed by atoms with E-state index in [4.69, 9.17) is 0 Å². The van der Waals surface area contributed by atoms with Gasteiger partial charge in [0.2, 0.25) is 0 Å². The minimum absolute atomic E-state index is 1.27. The van der Waals surface area contributed by atoms with Gasteiger partial charge in [-0.05, 0) is 30.4 Å². The quantitative estimate of drug-likeness (QED) is 0.643. The molecule has 0 saturated carbocycles. The van der Waals surface area contributed by atoms with Gasteiger partial charge in [0.1, 0.15) is 0 Å². The van der Waals surface area contributed by atoms with Gasteiger partial charge in [-0.15, -0.1) is 0 Å². The number of hydrogen-bond donors (Lipinski definition) is 0.